The lowest BCUT2D eigenvalue weighted by Gasteiger charge is -2.18. The quantitative estimate of drug-likeness (QED) is 0.0262. The molecule has 1 unspecified atom stereocenters. The molecule has 0 spiro atoms. The Balaban J connectivity index is 4.33. The largest absolute Gasteiger partial charge is 0.462 e. The van der Waals surface area contributed by atoms with Crippen molar-refractivity contribution in [1.82, 2.24) is 0 Å². The minimum absolute atomic E-state index is 0.0713. The lowest BCUT2D eigenvalue weighted by Crippen LogP contribution is -2.30. The van der Waals surface area contributed by atoms with Crippen molar-refractivity contribution in [2.24, 2.45) is 0 Å². The molecule has 0 aliphatic rings. The summed E-state index contributed by atoms with van der Waals surface area (Å²) in [4.78, 5) is 38.2. The Kier molecular flexibility index (Phi) is 55.2. The average Bonchev–Trinajstić information content (AvgIpc) is 3.34. The summed E-state index contributed by atoms with van der Waals surface area (Å²) in [7, 11) is 0. The standard InChI is InChI=1S/C62H114O6/c1-4-7-10-13-16-19-22-25-27-29-30-31-32-33-35-37-40-43-46-49-52-55-61(64)67-58-59(57-66-60(63)54-51-48-45-42-39-36-24-21-18-15-12-9-6-3)68-62(65)56-53-50-47-44-41-38-34-28-26-23-20-17-14-11-8-5-2/h22,25,29-30,32-33,59H,4-21,23-24,26-28,31,34-58H2,1-3H3/b25-22-,30-29-,33-32-. The number of hydrogen-bond acceptors (Lipinski definition) is 6. The van der Waals surface area contributed by atoms with Crippen LogP contribution < -0.4 is 0 Å². The van der Waals surface area contributed by atoms with E-state index in [4.69, 9.17) is 14.2 Å². The lowest BCUT2D eigenvalue weighted by molar-refractivity contribution is -0.167. The highest BCUT2D eigenvalue weighted by Gasteiger charge is 2.19. The van der Waals surface area contributed by atoms with Crippen LogP contribution >= 0.6 is 0 Å². The summed E-state index contributed by atoms with van der Waals surface area (Å²) in [6, 6.07) is 0. The van der Waals surface area contributed by atoms with E-state index in [9.17, 15) is 14.4 Å². The molecule has 6 heteroatoms. The maximum atomic E-state index is 12.9. The smallest absolute Gasteiger partial charge is 0.306 e. The van der Waals surface area contributed by atoms with Crippen LogP contribution in [0.15, 0.2) is 36.5 Å². The lowest BCUT2D eigenvalue weighted by atomic mass is 10.0. The van der Waals surface area contributed by atoms with Crippen molar-refractivity contribution in [3.8, 4) is 0 Å². The van der Waals surface area contributed by atoms with Crippen molar-refractivity contribution in [3.63, 3.8) is 0 Å². The molecule has 0 aromatic carbocycles. The number of rotatable bonds is 55. The predicted octanol–water partition coefficient (Wildman–Crippen LogP) is 20.0. The van der Waals surface area contributed by atoms with Crippen molar-refractivity contribution < 1.29 is 28.6 Å². The van der Waals surface area contributed by atoms with Gasteiger partial charge in [-0.1, -0.05) is 282 Å². The zero-order chi connectivity index (χ0) is 49.3. The molecule has 0 N–H and O–H groups in total. The second-order valence-corrected chi connectivity index (χ2v) is 20.3. The van der Waals surface area contributed by atoms with Gasteiger partial charge >= 0.3 is 17.9 Å². The fourth-order valence-electron chi connectivity index (χ4n) is 8.86. The van der Waals surface area contributed by atoms with E-state index in [1.807, 2.05) is 0 Å². The number of allylic oxidation sites excluding steroid dienone is 6. The molecule has 0 aliphatic carbocycles. The van der Waals surface area contributed by atoms with Crippen LogP contribution in [-0.2, 0) is 28.6 Å². The van der Waals surface area contributed by atoms with E-state index in [1.54, 1.807) is 0 Å². The van der Waals surface area contributed by atoms with Gasteiger partial charge in [-0.2, -0.15) is 0 Å². The SMILES string of the molecule is CCCCCCC/C=C\C/C=C\C/C=C\CCCCCCCCC(=O)OCC(COC(=O)CCCCCCCCCCCCCCC)OC(=O)CCCCCCCCCCCCCCCCCC. The summed E-state index contributed by atoms with van der Waals surface area (Å²) in [6.07, 6.45) is 68.5. The Bertz CT molecular complexity index is 1140. The Morgan fingerprint density at radius 3 is 0.824 bits per heavy atom. The fraction of sp³-hybridized carbons (Fsp3) is 0.855. The number of carbonyl (C=O) groups is 3. The second kappa shape index (κ2) is 57.2. The molecule has 0 bridgehead atoms. The van der Waals surface area contributed by atoms with Crippen molar-refractivity contribution in [2.75, 3.05) is 13.2 Å². The van der Waals surface area contributed by atoms with Gasteiger partial charge in [0.1, 0.15) is 13.2 Å². The van der Waals surface area contributed by atoms with Crippen LogP contribution in [0.4, 0.5) is 0 Å². The second-order valence-electron chi connectivity index (χ2n) is 20.3. The molecule has 0 amide bonds. The van der Waals surface area contributed by atoms with E-state index < -0.39 is 6.10 Å². The van der Waals surface area contributed by atoms with Crippen LogP contribution in [-0.4, -0.2) is 37.2 Å². The Labute approximate surface area is 423 Å². The molecular formula is C62H114O6. The maximum Gasteiger partial charge on any atom is 0.306 e. The Morgan fingerprint density at radius 1 is 0.294 bits per heavy atom. The molecule has 0 rings (SSSR count). The third kappa shape index (κ3) is 54.6. The maximum absolute atomic E-state index is 12.9. The summed E-state index contributed by atoms with van der Waals surface area (Å²) in [6.45, 7) is 6.66. The van der Waals surface area contributed by atoms with Gasteiger partial charge in [0, 0.05) is 19.3 Å². The molecular weight excluding hydrogens is 841 g/mol. The van der Waals surface area contributed by atoms with E-state index in [-0.39, 0.29) is 31.1 Å². The topological polar surface area (TPSA) is 78.9 Å². The van der Waals surface area contributed by atoms with Crippen molar-refractivity contribution in [3.05, 3.63) is 36.5 Å². The molecule has 6 nitrogen and oxygen atoms in total. The van der Waals surface area contributed by atoms with E-state index in [0.29, 0.717) is 19.3 Å². The zero-order valence-corrected chi connectivity index (χ0v) is 45.6. The summed E-state index contributed by atoms with van der Waals surface area (Å²) in [5, 5.41) is 0. The van der Waals surface area contributed by atoms with Gasteiger partial charge in [0.15, 0.2) is 6.10 Å². The molecule has 0 radical (unpaired) electrons. The molecule has 0 saturated carbocycles. The van der Waals surface area contributed by atoms with Gasteiger partial charge in [-0.15, -0.1) is 0 Å². The van der Waals surface area contributed by atoms with Gasteiger partial charge in [-0.3, -0.25) is 14.4 Å². The molecule has 0 fully saturated rings. The highest BCUT2D eigenvalue weighted by Crippen LogP contribution is 2.17. The van der Waals surface area contributed by atoms with Gasteiger partial charge in [0.25, 0.3) is 0 Å². The zero-order valence-electron chi connectivity index (χ0n) is 45.6. The molecule has 0 heterocycles. The van der Waals surface area contributed by atoms with Crippen LogP contribution in [0.5, 0.6) is 0 Å². The number of unbranched alkanes of at least 4 members (excludes halogenated alkanes) is 38. The first-order chi connectivity index (χ1) is 33.5. The Hall–Kier alpha value is -2.37. The molecule has 0 aromatic heterocycles. The van der Waals surface area contributed by atoms with E-state index in [1.165, 1.54) is 205 Å². The molecule has 0 aromatic rings. The summed E-state index contributed by atoms with van der Waals surface area (Å²) >= 11 is 0. The van der Waals surface area contributed by atoms with Gasteiger partial charge in [0.05, 0.1) is 0 Å². The van der Waals surface area contributed by atoms with Gasteiger partial charge in [-0.25, -0.2) is 0 Å². The van der Waals surface area contributed by atoms with Crippen LogP contribution in [0.1, 0.15) is 323 Å². The number of hydrogen-bond donors (Lipinski definition) is 0. The first kappa shape index (κ1) is 65.6. The highest BCUT2D eigenvalue weighted by molar-refractivity contribution is 5.71. The average molecular weight is 956 g/mol. The predicted molar refractivity (Wildman–Crippen MR) is 293 cm³/mol. The first-order valence-electron chi connectivity index (χ1n) is 30.0. The van der Waals surface area contributed by atoms with Crippen LogP contribution in [0.2, 0.25) is 0 Å². The summed E-state index contributed by atoms with van der Waals surface area (Å²) in [5.41, 5.74) is 0. The van der Waals surface area contributed by atoms with E-state index in [0.717, 1.165) is 77.0 Å². The van der Waals surface area contributed by atoms with Crippen LogP contribution in [0.25, 0.3) is 0 Å². The van der Waals surface area contributed by atoms with Gasteiger partial charge < -0.3 is 14.2 Å². The van der Waals surface area contributed by atoms with Crippen molar-refractivity contribution in [2.45, 2.75) is 329 Å². The van der Waals surface area contributed by atoms with Crippen LogP contribution in [0.3, 0.4) is 0 Å². The highest BCUT2D eigenvalue weighted by atomic mass is 16.6. The minimum Gasteiger partial charge on any atom is -0.462 e. The van der Waals surface area contributed by atoms with Gasteiger partial charge in [0.2, 0.25) is 0 Å². The monoisotopic (exact) mass is 955 g/mol. The number of ether oxygens (including phenoxy) is 3. The van der Waals surface area contributed by atoms with Crippen molar-refractivity contribution >= 4 is 17.9 Å². The first-order valence-corrected chi connectivity index (χ1v) is 30.0. The minimum atomic E-state index is -0.773. The number of carbonyl (C=O) groups excluding carboxylic acids is 3. The molecule has 0 aliphatic heterocycles. The normalized spacial score (nSPS) is 12.2. The third-order valence-corrected chi connectivity index (χ3v) is 13.4. The summed E-state index contributed by atoms with van der Waals surface area (Å²) in [5.74, 6) is -0.864. The van der Waals surface area contributed by atoms with Gasteiger partial charge in [-0.05, 0) is 57.8 Å². The molecule has 398 valence electrons. The van der Waals surface area contributed by atoms with E-state index in [2.05, 4.69) is 57.2 Å². The summed E-state index contributed by atoms with van der Waals surface area (Å²) < 4.78 is 16.9. The van der Waals surface area contributed by atoms with E-state index >= 15 is 0 Å². The molecule has 0 saturated heterocycles. The third-order valence-electron chi connectivity index (χ3n) is 13.4. The molecule has 68 heavy (non-hydrogen) atoms. The Morgan fingerprint density at radius 2 is 0.529 bits per heavy atom. The van der Waals surface area contributed by atoms with Crippen LogP contribution in [0, 0.1) is 0 Å². The molecule has 1 atom stereocenters. The fourth-order valence-corrected chi connectivity index (χ4v) is 8.86. The number of esters is 3. The van der Waals surface area contributed by atoms with Crippen molar-refractivity contribution in [1.29, 1.82) is 0 Å².